The van der Waals surface area contributed by atoms with Crippen LogP contribution in [0.4, 0.5) is 0 Å². The number of carboxylic acid groups (broad SMARTS) is 1. The molecule has 0 amide bonds. The molecular weight excluding hydrogens is 268 g/mol. The highest BCUT2D eigenvalue weighted by atomic mass is 16.5. The van der Waals surface area contributed by atoms with Gasteiger partial charge in [0.05, 0.1) is 6.61 Å². The van der Waals surface area contributed by atoms with E-state index in [1.807, 2.05) is 0 Å². The fourth-order valence-electron chi connectivity index (χ4n) is 1.81. The van der Waals surface area contributed by atoms with Crippen molar-refractivity contribution in [1.82, 2.24) is 0 Å². The minimum Gasteiger partial charge on any atom is -0.481 e. The molecule has 0 aliphatic heterocycles. The van der Waals surface area contributed by atoms with Gasteiger partial charge in [0, 0.05) is 13.3 Å². The van der Waals surface area contributed by atoms with E-state index in [0.29, 0.717) is 6.61 Å². The molecule has 0 aliphatic carbocycles. The maximum atomic E-state index is 10.5. The molecule has 0 saturated heterocycles. The lowest BCUT2D eigenvalue weighted by molar-refractivity contribution is -0.141. The van der Waals surface area contributed by atoms with Gasteiger partial charge >= 0.3 is 11.9 Å². The summed E-state index contributed by atoms with van der Waals surface area (Å²) in [6.45, 7) is 5.92. The largest absolute Gasteiger partial charge is 0.481 e. The van der Waals surface area contributed by atoms with Crippen molar-refractivity contribution in [1.29, 1.82) is 0 Å². The number of rotatable bonds is 12. The van der Waals surface area contributed by atoms with Gasteiger partial charge in [-0.3, -0.25) is 9.59 Å². The average molecular weight is 302 g/mol. The normalized spacial score (nSPS) is 9.67. The number of unbranched alkanes of at least 4 members (excludes halogenated alkanes) is 9. The molecule has 0 aromatic rings. The van der Waals surface area contributed by atoms with Crippen LogP contribution in [0.15, 0.2) is 0 Å². The number of hydrogen-bond acceptors (Lipinski definition) is 3. The maximum Gasteiger partial charge on any atom is 0.303 e. The Labute approximate surface area is 130 Å². The summed E-state index contributed by atoms with van der Waals surface area (Å²) < 4.78 is 4.87. The van der Waals surface area contributed by atoms with Crippen LogP contribution in [0, 0.1) is 0 Å². The van der Waals surface area contributed by atoms with Crippen LogP contribution in [0.25, 0.3) is 0 Å². The van der Waals surface area contributed by atoms with Crippen molar-refractivity contribution in [2.24, 2.45) is 0 Å². The van der Waals surface area contributed by atoms with Gasteiger partial charge in [0.25, 0.3) is 0 Å². The predicted octanol–water partition coefficient (Wildman–Crippen LogP) is 4.95. The number of hydrogen-bond donors (Lipinski definition) is 1. The van der Waals surface area contributed by atoms with Crippen molar-refractivity contribution >= 4 is 11.9 Å². The van der Waals surface area contributed by atoms with E-state index in [0.717, 1.165) is 6.42 Å². The third-order valence-electron chi connectivity index (χ3n) is 3.11. The molecular formula is C17H34O4. The molecule has 4 nitrogen and oxygen atoms in total. The molecule has 0 atom stereocenters. The number of carboxylic acids is 1. The van der Waals surface area contributed by atoms with E-state index in [1.165, 1.54) is 64.7 Å². The van der Waals surface area contributed by atoms with E-state index < -0.39 is 5.97 Å². The van der Waals surface area contributed by atoms with Gasteiger partial charge in [-0.1, -0.05) is 71.6 Å². The number of ether oxygens (including phenoxy) is 1. The monoisotopic (exact) mass is 302 g/mol. The Morgan fingerprint density at radius 2 is 1.19 bits per heavy atom. The second kappa shape index (κ2) is 18.9. The van der Waals surface area contributed by atoms with Gasteiger partial charge in [0.2, 0.25) is 0 Å². The summed E-state index contributed by atoms with van der Waals surface area (Å²) in [6.07, 6.45) is 13.4. The number of esters is 1. The van der Waals surface area contributed by atoms with Crippen molar-refractivity contribution in [2.75, 3.05) is 6.61 Å². The lowest BCUT2D eigenvalue weighted by atomic mass is 10.1. The predicted molar refractivity (Wildman–Crippen MR) is 86.4 cm³/mol. The van der Waals surface area contributed by atoms with Gasteiger partial charge in [-0.05, 0) is 6.42 Å². The van der Waals surface area contributed by atoms with Crippen molar-refractivity contribution < 1.29 is 19.4 Å². The average Bonchev–Trinajstić information content (AvgIpc) is 2.45. The third-order valence-corrected chi connectivity index (χ3v) is 3.11. The maximum absolute atomic E-state index is 10.5. The molecule has 0 rings (SSSR count). The lowest BCUT2D eigenvalue weighted by Crippen LogP contribution is -2.00. The fourth-order valence-corrected chi connectivity index (χ4v) is 1.81. The summed E-state index contributed by atoms with van der Waals surface area (Å²) in [5, 5.41) is 7.72. The molecule has 0 aromatic carbocycles. The molecule has 0 unspecified atom stereocenters. The van der Waals surface area contributed by atoms with Crippen molar-refractivity contribution in [2.45, 2.75) is 91.4 Å². The van der Waals surface area contributed by atoms with Crippen LogP contribution in [-0.4, -0.2) is 23.7 Å². The van der Waals surface area contributed by atoms with Crippen LogP contribution in [0.1, 0.15) is 91.4 Å². The third kappa shape index (κ3) is 28.0. The van der Waals surface area contributed by atoms with Gasteiger partial charge in [-0.25, -0.2) is 0 Å². The van der Waals surface area contributed by atoms with Crippen LogP contribution < -0.4 is 0 Å². The standard InChI is InChI=1S/C14H28O2.C3H6O2/c1-3-4-5-6-7-8-9-10-11-12-13-16-14(2)15;1-2-3(4)5/h3-13H2,1-2H3;2H2,1H3,(H,4,5). The van der Waals surface area contributed by atoms with Crippen LogP contribution >= 0.6 is 0 Å². The fraction of sp³-hybridized carbons (Fsp3) is 0.882. The first-order valence-corrected chi connectivity index (χ1v) is 8.39. The molecule has 0 spiro atoms. The van der Waals surface area contributed by atoms with E-state index >= 15 is 0 Å². The highest BCUT2D eigenvalue weighted by molar-refractivity contribution is 5.66. The molecule has 0 bridgehead atoms. The Hall–Kier alpha value is -1.06. The van der Waals surface area contributed by atoms with E-state index in [4.69, 9.17) is 9.84 Å². The molecule has 0 aromatic heterocycles. The van der Waals surface area contributed by atoms with Crippen molar-refractivity contribution in [3.05, 3.63) is 0 Å². The van der Waals surface area contributed by atoms with Crippen LogP contribution in [-0.2, 0) is 14.3 Å². The van der Waals surface area contributed by atoms with E-state index in [1.54, 1.807) is 6.92 Å². The summed E-state index contributed by atoms with van der Waals surface area (Å²) in [4.78, 5) is 19.8. The van der Waals surface area contributed by atoms with Gasteiger partial charge in [-0.15, -0.1) is 0 Å². The second-order valence-corrected chi connectivity index (χ2v) is 5.27. The number of carbonyl (C=O) groups excluding carboxylic acids is 1. The Bertz CT molecular complexity index is 239. The van der Waals surface area contributed by atoms with E-state index in [2.05, 4.69) is 6.92 Å². The summed E-state index contributed by atoms with van der Waals surface area (Å²) >= 11 is 0. The number of carbonyl (C=O) groups is 2. The molecule has 0 heterocycles. The molecule has 0 aliphatic rings. The summed E-state index contributed by atoms with van der Waals surface area (Å²) in [7, 11) is 0. The second-order valence-electron chi connectivity index (χ2n) is 5.27. The SMILES string of the molecule is CCC(=O)O.CCCCCCCCCCCCOC(C)=O. The Morgan fingerprint density at radius 1 is 0.810 bits per heavy atom. The zero-order valence-corrected chi connectivity index (χ0v) is 14.2. The Morgan fingerprint density at radius 3 is 1.52 bits per heavy atom. The summed E-state index contributed by atoms with van der Waals surface area (Å²) in [5.74, 6) is -0.902. The minimum atomic E-state index is -0.745. The van der Waals surface area contributed by atoms with Gasteiger partial charge in [-0.2, -0.15) is 0 Å². The minimum absolute atomic E-state index is 0.157. The topological polar surface area (TPSA) is 63.6 Å². The molecule has 4 heteroatoms. The first-order valence-electron chi connectivity index (χ1n) is 8.39. The smallest absolute Gasteiger partial charge is 0.303 e. The molecule has 1 N–H and O–H groups in total. The molecule has 0 fully saturated rings. The van der Waals surface area contributed by atoms with Crippen molar-refractivity contribution in [3.63, 3.8) is 0 Å². The zero-order valence-electron chi connectivity index (χ0n) is 14.2. The summed E-state index contributed by atoms with van der Waals surface area (Å²) in [6, 6.07) is 0. The van der Waals surface area contributed by atoms with Gasteiger partial charge in [0.1, 0.15) is 0 Å². The first kappa shape index (κ1) is 22.2. The zero-order chi connectivity index (χ0) is 16.3. The number of aliphatic carboxylic acids is 1. The first-order chi connectivity index (χ1) is 10.0. The van der Waals surface area contributed by atoms with Gasteiger partial charge in [0.15, 0.2) is 0 Å². The van der Waals surface area contributed by atoms with Crippen molar-refractivity contribution in [3.8, 4) is 0 Å². The molecule has 126 valence electrons. The Balaban J connectivity index is 0. The van der Waals surface area contributed by atoms with Crippen LogP contribution in [0.5, 0.6) is 0 Å². The quantitative estimate of drug-likeness (QED) is 0.409. The van der Waals surface area contributed by atoms with Gasteiger partial charge < -0.3 is 9.84 Å². The lowest BCUT2D eigenvalue weighted by Gasteiger charge is -2.02. The molecule has 21 heavy (non-hydrogen) atoms. The molecule has 0 radical (unpaired) electrons. The molecule has 0 saturated carbocycles. The summed E-state index contributed by atoms with van der Waals surface area (Å²) in [5.41, 5.74) is 0. The van der Waals surface area contributed by atoms with E-state index in [9.17, 15) is 9.59 Å². The van der Waals surface area contributed by atoms with Crippen LogP contribution in [0.3, 0.4) is 0 Å². The highest BCUT2D eigenvalue weighted by Crippen LogP contribution is 2.10. The van der Waals surface area contributed by atoms with Crippen LogP contribution in [0.2, 0.25) is 0 Å². The van der Waals surface area contributed by atoms with E-state index in [-0.39, 0.29) is 12.4 Å². The highest BCUT2D eigenvalue weighted by Gasteiger charge is 1.94. The Kier molecular flexibility index (Phi) is 20.0.